The fourth-order valence-corrected chi connectivity index (χ4v) is 1.86. The topological polar surface area (TPSA) is 58.2 Å². The minimum Gasteiger partial charge on any atom is -0.355 e. The van der Waals surface area contributed by atoms with Gasteiger partial charge in [-0.3, -0.25) is 9.59 Å². The Labute approximate surface area is 114 Å². The average molecular weight is 346 g/mol. The lowest BCUT2D eigenvalue weighted by Gasteiger charge is -2.07. The summed E-state index contributed by atoms with van der Waals surface area (Å²) in [6, 6.07) is 7.26. The number of carbonyl (C=O) groups excluding carboxylic acids is 2. The number of carbonyl (C=O) groups is 2. The van der Waals surface area contributed by atoms with Crippen LogP contribution in [0.2, 0.25) is 0 Å². The highest BCUT2D eigenvalue weighted by molar-refractivity contribution is 14.1. The highest BCUT2D eigenvalue weighted by Gasteiger charge is 2.09. The van der Waals surface area contributed by atoms with Crippen molar-refractivity contribution in [2.24, 2.45) is 0 Å². The van der Waals surface area contributed by atoms with Crippen LogP contribution in [0, 0.1) is 3.57 Å². The average Bonchev–Trinajstić information content (AvgIpc) is 2.34. The van der Waals surface area contributed by atoms with Gasteiger partial charge < -0.3 is 10.6 Å². The molecule has 1 aromatic carbocycles. The van der Waals surface area contributed by atoms with E-state index in [2.05, 4.69) is 33.2 Å². The Balaban J connectivity index is 2.45. The molecular weight excluding hydrogens is 331 g/mol. The second-order valence-corrected chi connectivity index (χ2v) is 4.67. The number of hydrogen-bond acceptors (Lipinski definition) is 2. The number of benzene rings is 1. The lowest BCUT2D eigenvalue weighted by Crippen LogP contribution is -2.37. The predicted molar refractivity (Wildman–Crippen MR) is 74.8 cm³/mol. The molecule has 0 aliphatic carbocycles. The molecule has 0 saturated heterocycles. The van der Waals surface area contributed by atoms with Crippen LogP contribution in [0.15, 0.2) is 24.3 Å². The van der Waals surface area contributed by atoms with Gasteiger partial charge in [-0.25, -0.2) is 0 Å². The zero-order valence-corrected chi connectivity index (χ0v) is 11.8. The summed E-state index contributed by atoms with van der Waals surface area (Å²) in [6.07, 6.45) is 0.885. The molecule has 5 heteroatoms. The fraction of sp³-hybridized carbons (Fsp3) is 0.333. The van der Waals surface area contributed by atoms with E-state index in [1.165, 1.54) is 0 Å². The van der Waals surface area contributed by atoms with Gasteiger partial charge in [0.1, 0.15) is 0 Å². The Bertz CT molecular complexity index is 407. The van der Waals surface area contributed by atoms with Gasteiger partial charge in [-0.15, -0.1) is 0 Å². The van der Waals surface area contributed by atoms with E-state index in [0.29, 0.717) is 12.1 Å². The number of hydrogen-bond donors (Lipinski definition) is 2. The zero-order valence-electron chi connectivity index (χ0n) is 9.63. The molecule has 0 aromatic heterocycles. The van der Waals surface area contributed by atoms with Gasteiger partial charge in [-0.1, -0.05) is 19.1 Å². The third-order valence-electron chi connectivity index (χ3n) is 2.10. The van der Waals surface area contributed by atoms with E-state index in [1.54, 1.807) is 12.1 Å². The van der Waals surface area contributed by atoms with Crippen molar-refractivity contribution in [1.29, 1.82) is 0 Å². The van der Waals surface area contributed by atoms with Crippen LogP contribution in [0.4, 0.5) is 0 Å². The summed E-state index contributed by atoms with van der Waals surface area (Å²) in [5, 5.41) is 5.29. The Morgan fingerprint density at radius 2 is 1.94 bits per heavy atom. The molecule has 0 fully saturated rings. The van der Waals surface area contributed by atoms with Gasteiger partial charge in [0.2, 0.25) is 5.91 Å². The molecule has 0 atom stereocenters. The van der Waals surface area contributed by atoms with Crippen LogP contribution in [0.1, 0.15) is 23.7 Å². The maximum Gasteiger partial charge on any atom is 0.252 e. The third kappa shape index (κ3) is 4.72. The van der Waals surface area contributed by atoms with E-state index < -0.39 is 0 Å². The van der Waals surface area contributed by atoms with E-state index in [9.17, 15) is 9.59 Å². The van der Waals surface area contributed by atoms with Crippen molar-refractivity contribution in [1.82, 2.24) is 10.6 Å². The van der Waals surface area contributed by atoms with Crippen molar-refractivity contribution in [3.8, 4) is 0 Å². The molecule has 92 valence electrons. The lowest BCUT2D eigenvalue weighted by molar-refractivity contribution is -0.120. The quantitative estimate of drug-likeness (QED) is 0.795. The van der Waals surface area contributed by atoms with E-state index in [1.807, 2.05) is 19.1 Å². The number of amides is 2. The molecule has 2 amide bonds. The first-order valence-electron chi connectivity index (χ1n) is 5.44. The molecule has 0 bridgehead atoms. The largest absolute Gasteiger partial charge is 0.355 e. The van der Waals surface area contributed by atoms with Crippen LogP contribution < -0.4 is 10.6 Å². The van der Waals surface area contributed by atoms with Gasteiger partial charge in [0, 0.05) is 10.1 Å². The van der Waals surface area contributed by atoms with Crippen molar-refractivity contribution in [3.63, 3.8) is 0 Å². The van der Waals surface area contributed by atoms with Crippen molar-refractivity contribution in [2.75, 3.05) is 13.1 Å². The Morgan fingerprint density at radius 3 is 2.59 bits per heavy atom. The molecule has 1 rings (SSSR count). The van der Waals surface area contributed by atoms with Crippen molar-refractivity contribution in [2.45, 2.75) is 13.3 Å². The van der Waals surface area contributed by atoms with Crippen LogP contribution >= 0.6 is 22.6 Å². The van der Waals surface area contributed by atoms with Gasteiger partial charge in [0.25, 0.3) is 5.91 Å². The Hall–Kier alpha value is -1.11. The Kier molecular flexibility index (Phi) is 5.96. The first kappa shape index (κ1) is 14.0. The summed E-state index contributed by atoms with van der Waals surface area (Å²) in [4.78, 5) is 23.0. The van der Waals surface area contributed by atoms with Gasteiger partial charge in [-0.05, 0) is 41.1 Å². The van der Waals surface area contributed by atoms with Crippen LogP contribution in [0.3, 0.4) is 0 Å². The summed E-state index contributed by atoms with van der Waals surface area (Å²) < 4.78 is 0.872. The van der Waals surface area contributed by atoms with Crippen LogP contribution in [0.5, 0.6) is 0 Å². The second-order valence-electron chi connectivity index (χ2n) is 3.51. The van der Waals surface area contributed by atoms with Crippen LogP contribution in [-0.4, -0.2) is 24.9 Å². The maximum atomic E-state index is 11.7. The molecular formula is C12H15IN2O2. The third-order valence-corrected chi connectivity index (χ3v) is 3.04. The molecule has 17 heavy (non-hydrogen) atoms. The molecule has 2 N–H and O–H groups in total. The van der Waals surface area contributed by atoms with E-state index in [4.69, 9.17) is 0 Å². The minimum absolute atomic E-state index is 0.0177. The monoisotopic (exact) mass is 346 g/mol. The van der Waals surface area contributed by atoms with Crippen molar-refractivity contribution >= 4 is 34.4 Å². The molecule has 1 aromatic rings. The second kappa shape index (κ2) is 7.26. The molecule has 4 nitrogen and oxygen atoms in total. The number of halogens is 1. The maximum absolute atomic E-state index is 11.7. The molecule has 0 radical (unpaired) electrons. The molecule has 0 unspecified atom stereocenters. The molecule has 0 spiro atoms. The summed E-state index contributed by atoms with van der Waals surface area (Å²) in [7, 11) is 0. The number of nitrogens with one attached hydrogen (secondary N) is 2. The van der Waals surface area contributed by atoms with Gasteiger partial charge in [0.05, 0.1) is 12.1 Å². The Morgan fingerprint density at radius 1 is 1.24 bits per heavy atom. The lowest BCUT2D eigenvalue weighted by atomic mass is 10.2. The van der Waals surface area contributed by atoms with Crippen LogP contribution in [0.25, 0.3) is 0 Å². The van der Waals surface area contributed by atoms with E-state index in [0.717, 1.165) is 9.99 Å². The van der Waals surface area contributed by atoms with Crippen molar-refractivity contribution < 1.29 is 9.59 Å². The van der Waals surface area contributed by atoms with E-state index in [-0.39, 0.29) is 18.4 Å². The number of rotatable bonds is 5. The highest BCUT2D eigenvalue weighted by atomic mass is 127. The highest BCUT2D eigenvalue weighted by Crippen LogP contribution is 2.10. The smallest absolute Gasteiger partial charge is 0.252 e. The molecule has 0 aliphatic rings. The first-order valence-corrected chi connectivity index (χ1v) is 6.52. The summed E-state index contributed by atoms with van der Waals surface area (Å²) in [5.74, 6) is -0.382. The normalized spacial score (nSPS) is 9.76. The fourth-order valence-electron chi connectivity index (χ4n) is 1.23. The summed E-state index contributed by atoms with van der Waals surface area (Å²) in [5.41, 5.74) is 0.594. The zero-order chi connectivity index (χ0) is 12.7. The first-order chi connectivity index (χ1) is 8.15. The standard InChI is InChI=1S/C12H15IN2O2/c1-2-7-14-11(16)8-15-12(17)9-5-3-4-6-10(9)13/h3-6H,2,7-8H2,1H3,(H,14,16)(H,15,17). The molecule has 0 saturated carbocycles. The van der Waals surface area contributed by atoms with Gasteiger partial charge >= 0.3 is 0 Å². The van der Waals surface area contributed by atoms with Crippen LogP contribution in [-0.2, 0) is 4.79 Å². The van der Waals surface area contributed by atoms with Gasteiger partial charge in [0.15, 0.2) is 0 Å². The predicted octanol–water partition coefficient (Wildman–Crippen LogP) is 1.55. The van der Waals surface area contributed by atoms with Crippen molar-refractivity contribution in [3.05, 3.63) is 33.4 Å². The van der Waals surface area contributed by atoms with E-state index >= 15 is 0 Å². The molecule has 0 aliphatic heterocycles. The SMILES string of the molecule is CCCNC(=O)CNC(=O)c1ccccc1I. The van der Waals surface area contributed by atoms with Gasteiger partial charge in [-0.2, -0.15) is 0 Å². The summed E-state index contributed by atoms with van der Waals surface area (Å²) >= 11 is 2.09. The minimum atomic E-state index is -0.221. The molecule has 0 heterocycles. The summed E-state index contributed by atoms with van der Waals surface area (Å²) in [6.45, 7) is 2.63.